The van der Waals surface area contributed by atoms with Gasteiger partial charge in [-0.25, -0.2) is 0 Å². The van der Waals surface area contributed by atoms with Crippen LogP contribution < -0.4 is 5.73 Å². The first kappa shape index (κ1) is 13.1. The van der Waals surface area contributed by atoms with Crippen molar-refractivity contribution in [2.24, 2.45) is 5.73 Å². The number of nitrogens with zero attached hydrogens (tertiary/aromatic N) is 1. The highest BCUT2D eigenvalue weighted by molar-refractivity contribution is 9.10. The van der Waals surface area contributed by atoms with Crippen LogP contribution in [0.3, 0.4) is 0 Å². The second-order valence-electron chi connectivity index (χ2n) is 4.02. The SMILES string of the molecule is CC(N)(CO)Cc1ccc([N+](=O)[O-])cc1Br. The van der Waals surface area contributed by atoms with Crippen LogP contribution in [-0.4, -0.2) is 22.2 Å². The van der Waals surface area contributed by atoms with Crippen molar-refractivity contribution in [1.82, 2.24) is 0 Å². The van der Waals surface area contributed by atoms with Gasteiger partial charge in [-0.15, -0.1) is 0 Å². The summed E-state index contributed by atoms with van der Waals surface area (Å²) in [6.45, 7) is 1.58. The maximum absolute atomic E-state index is 10.5. The first-order valence-electron chi connectivity index (χ1n) is 4.68. The number of nitro groups is 1. The normalized spacial score (nSPS) is 14.5. The summed E-state index contributed by atoms with van der Waals surface area (Å²) in [6, 6.07) is 4.50. The molecule has 0 amide bonds. The van der Waals surface area contributed by atoms with Crippen molar-refractivity contribution >= 4 is 21.6 Å². The average molecular weight is 289 g/mol. The van der Waals surface area contributed by atoms with Crippen LogP contribution in [0.15, 0.2) is 22.7 Å². The molecule has 0 aliphatic carbocycles. The molecule has 0 aliphatic rings. The standard InChI is InChI=1S/C10H13BrN2O3/c1-10(12,6-14)5-7-2-3-8(13(15)16)4-9(7)11/h2-4,14H,5-6,12H2,1H3. The molecule has 88 valence electrons. The first-order chi connectivity index (χ1) is 7.35. The van der Waals surface area contributed by atoms with Gasteiger partial charge in [0.05, 0.1) is 11.5 Å². The summed E-state index contributed by atoms with van der Waals surface area (Å²) in [7, 11) is 0. The lowest BCUT2D eigenvalue weighted by molar-refractivity contribution is -0.384. The van der Waals surface area contributed by atoms with Gasteiger partial charge in [0.15, 0.2) is 0 Å². The Bertz CT molecular complexity index is 407. The zero-order chi connectivity index (χ0) is 12.3. The zero-order valence-corrected chi connectivity index (χ0v) is 10.4. The largest absolute Gasteiger partial charge is 0.394 e. The summed E-state index contributed by atoms with van der Waals surface area (Å²) in [5, 5.41) is 19.6. The fraction of sp³-hybridized carbons (Fsp3) is 0.400. The number of aliphatic hydroxyl groups is 1. The number of nitrogens with two attached hydrogens (primary N) is 1. The Hall–Kier alpha value is -0.980. The topological polar surface area (TPSA) is 89.4 Å². The zero-order valence-electron chi connectivity index (χ0n) is 8.81. The molecule has 0 radical (unpaired) electrons. The molecule has 0 aliphatic heterocycles. The third-order valence-corrected chi connectivity index (χ3v) is 2.94. The van der Waals surface area contributed by atoms with Crippen molar-refractivity contribution < 1.29 is 10.0 Å². The van der Waals surface area contributed by atoms with Gasteiger partial charge in [0.25, 0.3) is 5.69 Å². The molecule has 16 heavy (non-hydrogen) atoms. The van der Waals surface area contributed by atoms with Crippen molar-refractivity contribution in [3.8, 4) is 0 Å². The van der Waals surface area contributed by atoms with Gasteiger partial charge in [0.2, 0.25) is 0 Å². The van der Waals surface area contributed by atoms with Crippen LogP contribution in [0, 0.1) is 10.1 Å². The van der Waals surface area contributed by atoms with Gasteiger partial charge in [-0.3, -0.25) is 10.1 Å². The van der Waals surface area contributed by atoms with Gasteiger partial charge in [0, 0.05) is 22.1 Å². The molecule has 1 unspecified atom stereocenters. The van der Waals surface area contributed by atoms with E-state index >= 15 is 0 Å². The number of non-ortho nitro benzene ring substituents is 1. The van der Waals surface area contributed by atoms with E-state index in [1.54, 1.807) is 13.0 Å². The van der Waals surface area contributed by atoms with Crippen LogP contribution >= 0.6 is 15.9 Å². The molecule has 1 aromatic rings. The smallest absolute Gasteiger partial charge is 0.270 e. The number of aliphatic hydroxyl groups excluding tert-OH is 1. The van der Waals surface area contributed by atoms with Crippen LogP contribution in [0.5, 0.6) is 0 Å². The van der Waals surface area contributed by atoms with Crippen LogP contribution in [0.2, 0.25) is 0 Å². The summed E-state index contributed by atoms with van der Waals surface area (Å²) in [4.78, 5) is 10.1. The Balaban J connectivity index is 2.96. The number of halogens is 1. The molecule has 1 aromatic carbocycles. The maximum atomic E-state index is 10.5. The van der Waals surface area contributed by atoms with E-state index in [1.165, 1.54) is 12.1 Å². The van der Waals surface area contributed by atoms with E-state index in [0.29, 0.717) is 10.9 Å². The van der Waals surface area contributed by atoms with Gasteiger partial charge in [0.1, 0.15) is 0 Å². The summed E-state index contributed by atoms with van der Waals surface area (Å²) < 4.78 is 0.631. The summed E-state index contributed by atoms with van der Waals surface area (Å²) >= 11 is 3.26. The molecule has 3 N–H and O–H groups in total. The molecular weight excluding hydrogens is 276 g/mol. The van der Waals surface area contributed by atoms with Gasteiger partial charge >= 0.3 is 0 Å². The molecule has 6 heteroatoms. The van der Waals surface area contributed by atoms with E-state index in [0.717, 1.165) is 5.56 Å². The maximum Gasteiger partial charge on any atom is 0.270 e. The predicted octanol–water partition coefficient (Wildman–Crippen LogP) is 1.61. The Labute approximate surface area is 102 Å². The Morgan fingerprint density at radius 3 is 2.69 bits per heavy atom. The first-order valence-corrected chi connectivity index (χ1v) is 5.47. The second-order valence-corrected chi connectivity index (χ2v) is 4.88. The molecule has 0 spiro atoms. The molecule has 0 saturated heterocycles. The number of hydrogen-bond donors (Lipinski definition) is 2. The van der Waals surface area contributed by atoms with E-state index in [-0.39, 0.29) is 12.3 Å². The van der Waals surface area contributed by atoms with Crippen molar-refractivity contribution in [2.75, 3.05) is 6.61 Å². The molecule has 5 nitrogen and oxygen atoms in total. The van der Waals surface area contributed by atoms with E-state index in [4.69, 9.17) is 10.8 Å². The van der Waals surface area contributed by atoms with E-state index in [2.05, 4.69) is 15.9 Å². The van der Waals surface area contributed by atoms with Crippen molar-refractivity contribution in [1.29, 1.82) is 0 Å². The van der Waals surface area contributed by atoms with Crippen LogP contribution in [-0.2, 0) is 6.42 Å². The number of rotatable bonds is 4. The Morgan fingerprint density at radius 2 is 2.25 bits per heavy atom. The lowest BCUT2D eigenvalue weighted by Crippen LogP contribution is -2.42. The van der Waals surface area contributed by atoms with Crippen molar-refractivity contribution in [3.05, 3.63) is 38.3 Å². The molecule has 1 rings (SSSR count). The number of nitro benzene ring substituents is 1. The van der Waals surface area contributed by atoms with Crippen molar-refractivity contribution in [2.45, 2.75) is 18.9 Å². The van der Waals surface area contributed by atoms with Crippen molar-refractivity contribution in [3.63, 3.8) is 0 Å². The molecule has 0 bridgehead atoms. The van der Waals surface area contributed by atoms with E-state index in [1.807, 2.05) is 0 Å². The monoisotopic (exact) mass is 288 g/mol. The minimum atomic E-state index is -0.724. The summed E-state index contributed by atoms with van der Waals surface area (Å²) in [5.74, 6) is 0. The number of benzene rings is 1. The summed E-state index contributed by atoms with van der Waals surface area (Å²) in [5.41, 5.74) is 5.95. The van der Waals surface area contributed by atoms with Gasteiger partial charge in [-0.1, -0.05) is 22.0 Å². The third kappa shape index (κ3) is 3.26. The second kappa shape index (κ2) is 4.90. The highest BCUT2D eigenvalue weighted by Gasteiger charge is 2.20. The molecular formula is C10H13BrN2O3. The lowest BCUT2D eigenvalue weighted by atomic mass is 9.95. The van der Waals surface area contributed by atoms with E-state index in [9.17, 15) is 10.1 Å². The minimum Gasteiger partial charge on any atom is -0.394 e. The number of hydrogen-bond acceptors (Lipinski definition) is 4. The Kier molecular flexibility index (Phi) is 4.01. The molecule has 0 aromatic heterocycles. The van der Waals surface area contributed by atoms with E-state index < -0.39 is 10.5 Å². The molecule has 0 fully saturated rings. The fourth-order valence-corrected chi connectivity index (χ4v) is 1.79. The van der Waals surface area contributed by atoms with Crippen LogP contribution in [0.1, 0.15) is 12.5 Å². The third-order valence-electron chi connectivity index (χ3n) is 2.20. The highest BCUT2D eigenvalue weighted by Crippen LogP contribution is 2.25. The van der Waals surface area contributed by atoms with Crippen LogP contribution in [0.25, 0.3) is 0 Å². The Morgan fingerprint density at radius 1 is 1.62 bits per heavy atom. The molecule has 0 heterocycles. The fourth-order valence-electron chi connectivity index (χ4n) is 1.28. The average Bonchev–Trinajstić information content (AvgIpc) is 2.20. The van der Waals surface area contributed by atoms with Gasteiger partial charge in [-0.2, -0.15) is 0 Å². The van der Waals surface area contributed by atoms with Gasteiger partial charge < -0.3 is 10.8 Å². The predicted molar refractivity (Wildman–Crippen MR) is 64.2 cm³/mol. The highest BCUT2D eigenvalue weighted by atomic mass is 79.9. The molecule has 0 saturated carbocycles. The summed E-state index contributed by atoms with van der Waals surface area (Å²) in [6.07, 6.45) is 0.447. The molecule has 1 atom stereocenters. The van der Waals surface area contributed by atoms with Crippen LogP contribution in [0.4, 0.5) is 5.69 Å². The van der Waals surface area contributed by atoms with Gasteiger partial charge in [-0.05, 0) is 18.9 Å². The minimum absolute atomic E-state index is 0.0262. The quantitative estimate of drug-likeness (QED) is 0.651. The lowest BCUT2D eigenvalue weighted by Gasteiger charge is -2.22.